The molecule has 1 rings (SSSR count). The number of nitrogens with zero attached hydrogens (tertiary/aromatic N) is 1. The van der Waals surface area contributed by atoms with Gasteiger partial charge in [0, 0.05) is 16.2 Å². The summed E-state index contributed by atoms with van der Waals surface area (Å²) in [5.74, 6) is 0.0773. The third-order valence-electron chi connectivity index (χ3n) is 2.72. The number of hydrogen-bond acceptors (Lipinski definition) is 3. The molecule has 106 valence electrons. The summed E-state index contributed by atoms with van der Waals surface area (Å²) in [4.78, 5) is 12.7. The van der Waals surface area contributed by atoms with E-state index >= 15 is 0 Å². The van der Waals surface area contributed by atoms with E-state index in [0.717, 1.165) is 22.3 Å². The van der Waals surface area contributed by atoms with Crippen LogP contribution in [0.3, 0.4) is 0 Å². The van der Waals surface area contributed by atoms with Crippen molar-refractivity contribution in [2.75, 3.05) is 19.7 Å². The highest BCUT2D eigenvalue weighted by molar-refractivity contribution is 14.1. The summed E-state index contributed by atoms with van der Waals surface area (Å²) in [7, 11) is 0. The van der Waals surface area contributed by atoms with Crippen LogP contribution in [0.1, 0.15) is 20.3 Å². The lowest BCUT2D eigenvalue weighted by Gasteiger charge is -2.24. The maximum Gasteiger partial charge on any atom is 0.317 e. The molecule has 0 atom stereocenters. The Kier molecular flexibility index (Phi) is 7.15. The zero-order valence-electron chi connectivity index (χ0n) is 11.3. The third kappa shape index (κ3) is 6.77. The fraction of sp³-hybridized carbons (Fsp3) is 0.500. The monoisotopic (exact) mass is 377 g/mol. The van der Waals surface area contributed by atoms with Crippen molar-refractivity contribution >= 4 is 28.6 Å². The Morgan fingerprint density at radius 2 is 2.21 bits per heavy atom. The molecule has 1 N–H and O–H groups in total. The van der Waals surface area contributed by atoms with Crippen molar-refractivity contribution in [1.82, 2.24) is 4.90 Å². The van der Waals surface area contributed by atoms with Crippen LogP contribution >= 0.6 is 22.6 Å². The van der Waals surface area contributed by atoms with Crippen LogP contribution in [0.15, 0.2) is 24.3 Å². The molecule has 19 heavy (non-hydrogen) atoms. The number of benzene rings is 1. The van der Waals surface area contributed by atoms with Gasteiger partial charge in [0.1, 0.15) is 5.75 Å². The number of hydrogen-bond donors (Lipinski definition) is 1. The number of carboxylic acids is 1. The second kappa shape index (κ2) is 8.37. The van der Waals surface area contributed by atoms with Gasteiger partial charge in [-0.2, -0.15) is 0 Å². The zero-order chi connectivity index (χ0) is 14.3. The summed E-state index contributed by atoms with van der Waals surface area (Å²) < 4.78 is 6.79. The second-order valence-corrected chi connectivity index (χ2v) is 5.86. The molecule has 1 aromatic carbocycles. The lowest BCUT2D eigenvalue weighted by molar-refractivity contribution is -0.138. The fourth-order valence-electron chi connectivity index (χ4n) is 1.71. The average molecular weight is 377 g/mol. The van der Waals surface area contributed by atoms with Crippen LogP contribution in [0.5, 0.6) is 5.75 Å². The SMILES string of the molecule is CC(C)N(CCCOc1cccc(I)c1)CC(=O)O. The minimum absolute atomic E-state index is 0.0842. The van der Waals surface area contributed by atoms with E-state index in [1.807, 2.05) is 43.0 Å². The largest absolute Gasteiger partial charge is 0.494 e. The minimum atomic E-state index is -0.785. The predicted molar refractivity (Wildman–Crippen MR) is 83.6 cm³/mol. The molecule has 0 heterocycles. The summed E-state index contributed by atoms with van der Waals surface area (Å²) >= 11 is 2.25. The topological polar surface area (TPSA) is 49.8 Å². The van der Waals surface area contributed by atoms with E-state index in [-0.39, 0.29) is 12.6 Å². The smallest absolute Gasteiger partial charge is 0.317 e. The quantitative estimate of drug-likeness (QED) is 0.559. The maximum absolute atomic E-state index is 10.7. The van der Waals surface area contributed by atoms with Crippen molar-refractivity contribution in [1.29, 1.82) is 0 Å². The molecule has 0 aliphatic heterocycles. The van der Waals surface area contributed by atoms with E-state index in [1.54, 1.807) is 0 Å². The van der Waals surface area contributed by atoms with Crippen LogP contribution < -0.4 is 4.74 Å². The first-order valence-corrected chi connectivity index (χ1v) is 7.41. The van der Waals surface area contributed by atoms with E-state index in [2.05, 4.69) is 22.6 Å². The molecule has 1 aromatic rings. The first kappa shape index (κ1) is 16.2. The Hall–Kier alpha value is -0.820. The van der Waals surface area contributed by atoms with Crippen LogP contribution in [0, 0.1) is 3.57 Å². The van der Waals surface area contributed by atoms with E-state index in [1.165, 1.54) is 0 Å². The van der Waals surface area contributed by atoms with Gasteiger partial charge in [-0.05, 0) is 61.1 Å². The van der Waals surface area contributed by atoms with Crippen molar-refractivity contribution < 1.29 is 14.6 Å². The highest BCUT2D eigenvalue weighted by Crippen LogP contribution is 2.14. The first-order valence-electron chi connectivity index (χ1n) is 6.33. The average Bonchev–Trinajstić information content (AvgIpc) is 2.32. The number of carboxylic acid groups (broad SMARTS) is 1. The maximum atomic E-state index is 10.7. The van der Waals surface area contributed by atoms with Crippen LogP contribution in [-0.2, 0) is 4.79 Å². The molecule has 0 aliphatic rings. The normalized spacial score (nSPS) is 11.0. The third-order valence-corrected chi connectivity index (χ3v) is 3.39. The van der Waals surface area contributed by atoms with Crippen LogP contribution in [-0.4, -0.2) is 41.7 Å². The molecule has 0 fully saturated rings. The van der Waals surface area contributed by atoms with Gasteiger partial charge in [-0.1, -0.05) is 6.07 Å². The van der Waals surface area contributed by atoms with Crippen molar-refractivity contribution in [2.24, 2.45) is 0 Å². The lowest BCUT2D eigenvalue weighted by atomic mass is 10.3. The summed E-state index contributed by atoms with van der Waals surface area (Å²) in [6, 6.07) is 8.12. The van der Waals surface area contributed by atoms with Crippen LogP contribution in [0.2, 0.25) is 0 Å². The minimum Gasteiger partial charge on any atom is -0.494 e. The van der Waals surface area contributed by atoms with Gasteiger partial charge in [0.25, 0.3) is 0 Å². The van der Waals surface area contributed by atoms with Crippen molar-refractivity contribution in [3.8, 4) is 5.75 Å². The van der Waals surface area contributed by atoms with Gasteiger partial charge in [-0.3, -0.25) is 9.69 Å². The molecule has 0 unspecified atom stereocenters. The molecule has 0 radical (unpaired) electrons. The van der Waals surface area contributed by atoms with Gasteiger partial charge < -0.3 is 9.84 Å². The summed E-state index contributed by atoms with van der Waals surface area (Å²) in [6.45, 7) is 5.42. The molecule has 5 heteroatoms. The molecule has 0 aliphatic carbocycles. The number of carbonyl (C=O) groups is 1. The van der Waals surface area contributed by atoms with Gasteiger partial charge in [0.05, 0.1) is 13.2 Å². The lowest BCUT2D eigenvalue weighted by Crippen LogP contribution is -2.36. The van der Waals surface area contributed by atoms with E-state index in [4.69, 9.17) is 9.84 Å². The Morgan fingerprint density at radius 1 is 1.47 bits per heavy atom. The predicted octanol–water partition coefficient (Wildman–Crippen LogP) is 2.86. The van der Waals surface area contributed by atoms with Gasteiger partial charge in [-0.25, -0.2) is 0 Å². The van der Waals surface area contributed by atoms with Crippen LogP contribution in [0.4, 0.5) is 0 Å². The zero-order valence-corrected chi connectivity index (χ0v) is 13.5. The molecular weight excluding hydrogens is 357 g/mol. The number of ether oxygens (including phenoxy) is 1. The van der Waals surface area contributed by atoms with Gasteiger partial charge in [-0.15, -0.1) is 0 Å². The van der Waals surface area contributed by atoms with Gasteiger partial charge in [0.15, 0.2) is 0 Å². The number of halogens is 1. The summed E-state index contributed by atoms with van der Waals surface area (Å²) in [6.07, 6.45) is 0.816. The molecule has 0 saturated carbocycles. The molecule has 4 nitrogen and oxygen atoms in total. The Labute approximate surface area is 127 Å². The first-order chi connectivity index (χ1) is 8.99. The molecule has 0 saturated heterocycles. The van der Waals surface area contributed by atoms with E-state index in [0.29, 0.717) is 6.61 Å². The van der Waals surface area contributed by atoms with Crippen molar-refractivity contribution in [3.63, 3.8) is 0 Å². The fourth-order valence-corrected chi connectivity index (χ4v) is 2.22. The highest BCUT2D eigenvalue weighted by Gasteiger charge is 2.12. The Balaban J connectivity index is 2.30. The molecule has 0 aromatic heterocycles. The Bertz CT molecular complexity index is 409. The molecular formula is C14H20INO3. The number of rotatable bonds is 8. The van der Waals surface area contributed by atoms with Crippen LogP contribution in [0.25, 0.3) is 0 Å². The van der Waals surface area contributed by atoms with Gasteiger partial charge >= 0.3 is 5.97 Å². The summed E-state index contributed by atoms with van der Waals surface area (Å²) in [5.41, 5.74) is 0. The molecule has 0 bridgehead atoms. The standard InChI is InChI=1S/C14H20INO3/c1-11(2)16(10-14(17)18)7-4-8-19-13-6-3-5-12(15)9-13/h3,5-6,9,11H,4,7-8,10H2,1-2H3,(H,17,18). The highest BCUT2D eigenvalue weighted by atomic mass is 127. The van der Waals surface area contributed by atoms with Gasteiger partial charge in [0.2, 0.25) is 0 Å². The second-order valence-electron chi connectivity index (χ2n) is 4.62. The molecule has 0 amide bonds. The summed E-state index contributed by atoms with van der Waals surface area (Å²) in [5, 5.41) is 8.82. The Morgan fingerprint density at radius 3 is 2.79 bits per heavy atom. The van der Waals surface area contributed by atoms with E-state index < -0.39 is 5.97 Å². The number of aliphatic carboxylic acids is 1. The van der Waals surface area contributed by atoms with Crippen molar-refractivity contribution in [3.05, 3.63) is 27.8 Å². The van der Waals surface area contributed by atoms with E-state index in [9.17, 15) is 4.79 Å². The van der Waals surface area contributed by atoms with Crippen molar-refractivity contribution in [2.45, 2.75) is 26.3 Å². The molecule has 0 spiro atoms.